The first-order chi connectivity index (χ1) is 13.5. The molecule has 0 saturated carbocycles. The maximum atomic E-state index is 14.0. The van der Waals surface area contributed by atoms with Gasteiger partial charge in [-0.2, -0.15) is 5.10 Å². The number of benzene rings is 2. The van der Waals surface area contributed by atoms with Gasteiger partial charge in [0, 0.05) is 17.7 Å². The molecular weight excluding hydrogens is 363 g/mol. The summed E-state index contributed by atoms with van der Waals surface area (Å²) >= 11 is 0. The Balaban J connectivity index is 1.80. The largest absolute Gasteiger partial charge is 0.497 e. The molecule has 3 aromatic rings. The zero-order chi connectivity index (χ0) is 20.1. The van der Waals surface area contributed by atoms with Gasteiger partial charge in [0.2, 0.25) is 0 Å². The van der Waals surface area contributed by atoms with Gasteiger partial charge in [0.05, 0.1) is 38.3 Å². The lowest BCUT2D eigenvalue weighted by Gasteiger charge is -2.06. The average Bonchev–Trinajstić information content (AvgIpc) is 3.20. The summed E-state index contributed by atoms with van der Waals surface area (Å²) in [6.45, 7) is 0. The van der Waals surface area contributed by atoms with Gasteiger partial charge in [0.1, 0.15) is 23.1 Å². The SMILES string of the molecule is COc1cc(OC)cc(-c2cc(/C=C/C(=O)c3ccc(OC)cc3F)[nH]n2)c1. The summed E-state index contributed by atoms with van der Waals surface area (Å²) < 4.78 is 29.5. The van der Waals surface area contributed by atoms with E-state index in [4.69, 9.17) is 14.2 Å². The van der Waals surface area contributed by atoms with Crippen LogP contribution < -0.4 is 14.2 Å². The fourth-order valence-electron chi connectivity index (χ4n) is 2.60. The van der Waals surface area contributed by atoms with Crippen LogP contribution in [0.5, 0.6) is 17.2 Å². The molecule has 0 saturated heterocycles. The molecule has 2 aromatic carbocycles. The second kappa shape index (κ2) is 8.39. The van der Waals surface area contributed by atoms with Crippen LogP contribution in [0.1, 0.15) is 16.1 Å². The van der Waals surface area contributed by atoms with Gasteiger partial charge in [-0.05, 0) is 42.5 Å². The van der Waals surface area contributed by atoms with E-state index < -0.39 is 11.6 Å². The Morgan fingerprint density at radius 1 is 0.964 bits per heavy atom. The lowest BCUT2D eigenvalue weighted by Crippen LogP contribution is -1.99. The molecule has 0 amide bonds. The number of hydrogen-bond donors (Lipinski definition) is 1. The van der Waals surface area contributed by atoms with Gasteiger partial charge in [-0.15, -0.1) is 0 Å². The van der Waals surface area contributed by atoms with E-state index >= 15 is 0 Å². The van der Waals surface area contributed by atoms with Crippen molar-refractivity contribution < 1.29 is 23.4 Å². The van der Waals surface area contributed by atoms with Crippen molar-refractivity contribution in [2.45, 2.75) is 0 Å². The number of nitrogens with one attached hydrogen (secondary N) is 1. The first-order valence-electron chi connectivity index (χ1n) is 8.39. The fraction of sp³-hybridized carbons (Fsp3) is 0.143. The Kier molecular flexibility index (Phi) is 5.74. The number of carbonyl (C=O) groups excluding carboxylic acids is 1. The van der Waals surface area contributed by atoms with Crippen LogP contribution in [-0.4, -0.2) is 37.3 Å². The summed E-state index contributed by atoms with van der Waals surface area (Å²) in [5, 5.41) is 7.07. The standard InChI is InChI=1S/C21H19FN2O4/c1-26-15-5-6-18(19(22)12-15)21(25)7-4-14-10-20(24-23-14)13-8-16(27-2)11-17(9-13)28-3/h4-12H,1-3H3,(H,23,24)/b7-4+. The van der Waals surface area contributed by atoms with Crippen LogP contribution >= 0.6 is 0 Å². The molecule has 0 aliphatic rings. The number of halogens is 1. The highest BCUT2D eigenvalue weighted by atomic mass is 19.1. The Hall–Kier alpha value is -3.61. The fourth-order valence-corrected chi connectivity index (χ4v) is 2.60. The third-order valence-corrected chi connectivity index (χ3v) is 4.10. The van der Waals surface area contributed by atoms with Gasteiger partial charge in [-0.1, -0.05) is 0 Å². The monoisotopic (exact) mass is 382 g/mol. The average molecular weight is 382 g/mol. The summed E-state index contributed by atoms with van der Waals surface area (Å²) in [5.74, 6) is 0.534. The molecule has 0 bridgehead atoms. The maximum Gasteiger partial charge on any atom is 0.188 e. The van der Waals surface area contributed by atoms with Gasteiger partial charge in [-0.3, -0.25) is 9.89 Å². The number of aromatic amines is 1. The van der Waals surface area contributed by atoms with Crippen LogP contribution in [0, 0.1) is 5.82 Å². The van der Waals surface area contributed by atoms with Gasteiger partial charge in [0.25, 0.3) is 0 Å². The Labute approximate surface area is 161 Å². The highest BCUT2D eigenvalue weighted by molar-refractivity contribution is 6.07. The number of aromatic nitrogens is 2. The zero-order valence-electron chi connectivity index (χ0n) is 15.7. The van der Waals surface area contributed by atoms with Gasteiger partial charge in [0.15, 0.2) is 5.78 Å². The first kappa shape index (κ1) is 19.2. The zero-order valence-corrected chi connectivity index (χ0v) is 15.7. The highest BCUT2D eigenvalue weighted by Gasteiger charge is 2.11. The summed E-state index contributed by atoms with van der Waals surface area (Å²) in [6.07, 6.45) is 2.83. The smallest absolute Gasteiger partial charge is 0.188 e. The summed E-state index contributed by atoms with van der Waals surface area (Å²) in [6, 6.07) is 11.3. The summed E-state index contributed by atoms with van der Waals surface area (Å²) in [7, 11) is 4.58. The molecule has 0 unspecified atom stereocenters. The van der Waals surface area contributed by atoms with E-state index in [-0.39, 0.29) is 5.56 Å². The highest BCUT2D eigenvalue weighted by Crippen LogP contribution is 2.29. The number of rotatable bonds is 7. The molecule has 1 heterocycles. The van der Waals surface area contributed by atoms with Gasteiger partial charge < -0.3 is 14.2 Å². The molecule has 1 N–H and O–H groups in total. The van der Waals surface area contributed by atoms with Crippen molar-refractivity contribution in [3.05, 3.63) is 65.6 Å². The minimum absolute atomic E-state index is 0.0330. The lowest BCUT2D eigenvalue weighted by molar-refractivity contribution is 0.104. The Morgan fingerprint density at radius 3 is 2.25 bits per heavy atom. The molecule has 28 heavy (non-hydrogen) atoms. The van der Waals surface area contributed by atoms with Gasteiger partial charge in [-0.25, -0.2) is 4.39 Å². The van der Waals surface area contributed by atoms with Crippen molar-refractivity contribution in [3.63, 3.8) is 0 Å². The Morgan fingerprint density at radius 2 is 1.64 bits per heavy atom. The van der Waals surface area contributed by atoms with Crippen LogP contribution in [0.25, 0.3) is 17.3 Å². The number of methoxy groups -OCH3 is 3. The second-order valence-corrected chi connectivity index (χ2v) is 5.85. The molecule has 3 rings (SSSR count). The van der Waals surface area contributed by atoms with Crippen LogP contribution in [0.15, 0.2) is 48.5 Å². The van der Waals surface area contributed by atoms with Crippen LogP contribution in [0.3, 0.4) is 0 Å². The van der Waals surface area contributed by atoms with E-state index in [1.165, 1.54) is 31.4 Å². The van der Waals surface area contributed by atoms with Crippen molar-refractivity contribution in [2.24, 2.45) is 0 Å². The van der Waals surface area contributed by atoms with Crippen LogP contribution in [0.2, 0.25) is 0 Å². The minimum Gasteiger partial charge on any atom is -0.497 e. The molecule has 0 spiro atoms. The molecule has 0 fully saturated rings. The number of nitrogens with zero attached hydrogens (tertiary/aromatic N) is 1. The predicted molar refractivity (Wildman–Crippen MR) is 103 cm³/mol. The van der Waals surface area contributed by atoms with Crippen LogP contribution in [0.4, 0.5) is 4.39 Å². The van der Waals surface area contributed by atoms with E-state index in [0.29, 0.717) is 28.6 Å². The first-order valence-corrected chi connectivity index (χ1v) is 8.39. The van der Waals surface area contributed by atoms with E-state index in [9.17, 15) is 9.18 Å². The number of hydrogen-bond acceptors (Lipinski definition) is 5. The minimum atomic E-state index is -0.636. The summed E-state index contributed by atoms with van der Waals surface area (Å²) in [5.41, 5.74) is 2.01. The molecule has 0 atom stereocenters. The number of carbonyl (C=O) groups is 1. The normalized spacial score (nSPS) is 10.9. The van der Waals surface area contributed by atoms with Crippen molar-refractivity contribution in [3.8, 4) is 28.5 Å². The van der Waals surface area contributed by atoms with Crippen molar-refractivity contribution in [2.75, 3.05) is 21.3 Å². The molecule has 6 nitrogen and oxygen atoms in total. The second-order valence-electron chi connectivity index (χ2n) is 5.85. The summed E-state index contributed by atoms with van der Waals surface area (Å²) in [4.78, 5) is 12.2. The molecule has 0 aliphatic heterocycles. The quantitative estimate of drug-likeness (QED) is 0.491. The molecule has 1 aromatic heterocycles. The van der Waals surface area contributed by atoms with Crippen LogP contribution in [-0.2, 0) is 0 Å². The predicted octanol–water partition coefficient (Wildman–Crippen LogP) is 4.14. The number of ketones is 1. The third-order valence-electron chi connectivity index (χ3n) is 4.10. The Bertz CT molecular complexity index is 1000. The van der Waals surface area contributed by atoms with E-state index in [2.05, 4.69) is 10.2 Å². The number of H-pyrrole nitrogens is 1. The number of ether oxygens (including phenoxy) is 3. The van der Waals surface area contributed by atoms with E-state index in [1.54, 1.807) is 32.4 Å². The van der Waals surface area contributed by atoms with Crippen molar-refractivity contribution in [1.29, 1.82) is 0 Å². The molecule has 0 aliphatic carbocycles. The van der Waals surface area contributed by atoms with E-state index in [1.807, 2.05) is 12.1 Å². The molecule has 144 valence electrons. The molecule has 0 radical (unpaired) electrons. The van der Waals surface area contributed by atoms with Crippen molar-refractivity contribution >= 4 is 11.9 Å². The van der Waals surface area contributed by atoms with Gasteiger partial charge >= 0.3 is 0 Å². The van der Waals surface area contributed by atoms with Crippen molar-refractivity contribution in [1.82, 2.24) is 10.2 Å². The topological polar surface area (TPSA) is 73.4 Å². The lowest BCUT2D eigenvalue weighted by atomic mass is 10.1. The number of allylic oxidation sites excluding steroid dienone is 1. The molecular formula is C21H19FN2O4. The molecule has 7 heteroatoms. The van der Waals surface area contributed by atoms with E-state index in [0.717, 1.165) is 5.56 Å². The maximum absolute atomic E-state index is 14.0. The third kappa shape index (κ3) is 4.20.